The van der Waals surface area contributed by atoms with Gasteiger partial charge in [0.05, 0.1) is 17.4 Å². The average Bonchev–Trinajstić information content (AvgIpc) is 2.39. The Morgan fingerprint density at radius 2 is 2.06 bits per heavy atom. The molecule has 0 aliphatic carbocycles. The lowest BCUT2D eigenvalue weighted by molar-refractivity contribution is 0.818. The van der Waals surface area contributed by atoms with E-state index in [1.165, 1.54) is 22.9 Å². The predicted octanol–water partition coefficient (Wildman–Crippen LogP) is 2.23. The van der Waals surface area contributed by atoms with Crippen LogP contribution in [0.4, 0.5) is 0 Å². The number of nitriles is 1. The van der Waals surface area contributed by atoms with E-state index in [0.29, 0.717) is 17.2 Å². The van der Waals surface area contributed by atoms with Crippen LogP contribution in [0.25, 0.3) is 5.69 Å². The molecule has 2 aromatic rings. The van der Waals surface area contributed by atoms with Gasteiger partial charge in [-0.25, -0.2) is 0 Å². The Morgan fingerprint density at radius 1 is 1.28 bits per heavy atom. The maximum Gasteiger partial charge on any atom is 0.255 e. The minimum atomic E-state index is -0.173. The Kier molecular flexibility index (Phi) is 3.24. The van der Waals surface area contributed by atoms with Crippen molar-refractivity contribution in [1.82, 2.24) is 9.55 Å². The molecule has 0 N–H and O–H groups in total. The lowest BCUT2D eigenvalue weighted by Gasteiger charge is -2.08. The second kappa shape index (κ2) is 4.84. The summed E-state index contributed by atoms with van der Waals surface area (Å²) in [6, 6.07) is 8.64. The van der Waals surface area contributed by atoms with Crippen LogP contribution in [0.15, 0.2) is 41.5 Å². The van der Waals surface area contributed by atoms with Crippen molar-refractivity contribution in [1.29, 1.82) is 5.26 Å². The maximum atomic E-state index is 11.7. The first-order chi connectivity index (χ1) is 8.61. The van der Waals surface area contributed by atoms with Gasteiger partial charge < -0.3 is 0 Å². The molecule has 0 aliphatic rings. The Bertz CT molecular complexity index is 648. The number of aromatic nitrogens is 2. The van der Waals surface area contributed by atoms with Gasteiger partial charge >= 0.3 is 0 Å². The summed E-state index contributed by atoms with van der Waals surface area (Å²) in [5, 5.41) is 8.84. The van der Waals surface area contributed by atoms with E-state index in [2.05, 4.69) is 18.8 Å². The van der Waals surface area contributed by atoms with Crippen molar-refractivity contribution in [2.24, 2.45) is 0 Å². The van der Waals surface area contributed by atoms with Crippen LogP contribution >= 0.6 is 0 Å². The summed E-state index contributed by atoms with van der Waals surface area (Å²) >= 11 is 0. The molecule has 0 aliphatic heterocycles. The molecular formula is C14H13N3O. The Hall–Kier alpha value is -2.41. The van der Waals surface area contributed by atoms with Gasteiger partial charge in [0.2, 0.25) is 0 Å². The number of rotatable bonds is 2. The SMILES string of the molecule is CC(C)c1ccc(-n2cc(C#N)ccc2=O)cn1. The summed E-state index contributed by atoms with van der Waals surface area (Å²) in [5.41, 5.74) is 1.92. The summed E-state index contributed by atoms with van der Waals surface area (Å²) in [6.07, 6.45) is 3.17. The Balaban J connectivity index is 2.49. The van der Waals surface area contributed by atoms with Gasteiger partial charge in [0, 0.05) is 18.0 Å². The molecule has 4 heteroatoms. The maximum absolute atomic E-state index is 11.7. The van der Waals surface area contributed by atoms with Crippen LogP contribution in [0, 0.1) is 11.3 Å². The molecule has 0 atom stereocenters. The van der Waals surface area contributed by atoms with Gasteiger partial charge in [0.1, 0.15) is 6.07 Å². The standard InChI is InChI=1S/C14H13N3O/c1-10(2)13-5-4-12(8-16-13)17-9-11(7-15)3-6-14(17)18/h3-6,8-10H,1-2H3. The molecule has 0 aromatic carbocycles. The van der Waals surface area contributed by atoms with Crippen molar-refractivity contribution in [3.05, 3.63) is 58.3 Å². The Morgan fingerprint density at radius 3 is 2.61 bits per heavy atom. The molecule has 0 radical (unpaired) electrons. The van der Waals surface area contributed by atoms with Crippen LogP contribution in [0.3, 0.4) is 0 Å². The van der Waals surface area contributed by atoms with Gasteiger partial charge in [-0.1, -0.05) is 13.8 Å². The molecule has 90 valence electrons. The number of hydrogen-bond donors (Lipinski definition) is 0. The molecule has 0 saturated heterocycles. The third kappa shape index (κ3) is 2.30. The predicted molar refractivity (Wildman–Crippen MR) is 68.6 cm³/mol. The molecule has 0 saturated carbocycles. The minimum absolute atomic E-state index is 0.173. The molecule has 4 nitrogen and oxygen atoms in total. The third-order valence-electron chi connectivity index (χ3n) is 2.68. The van der Waals surface area contributed by atoms with E-state index in [0.717, 1.165) is 5.69 Å². The summed E-state index contributed by atoms with van der Waals surface area (Å²) < 4.78 is 1.43. The van der Waals surface area contributed by atoms with Gasteiger partial charge in [-0.05, 0) is 24.1 Å². The zero-order valence-corrected chi connectivity index (χ0v) is 10.3. The highest BCUT2D eigenvalue weighted by Gasteiger charge is 2.04. The van der Waals surface area contributed by atoms with Gasteiger partial charge in [0.15, 0.2) is 0 Å². The van der Waals surface area contributed by atoms with E-state index >= 15 is 0 Å². The van der Waals surface area contributed by atoms with Crippen LogP contribution < -0.4 is 5.56 Å². The fourth-order valence-electron chi connectivity index (χ4n) is 1.64. The highest BCUT2D eigenvalue weighted by atomic mass is 16.1. The second-order valence-electron chi connectivity index (χ2n) is 4.33. The summed E-state index contributed by atoms with van der Waals surface area (Å²) in [5.74, 6) is 0.348. The Labute approximate surface area is 105 Å². The molecule has 2 heterocycles. The summed E-state index contributed by atoms with van der Waals surface area (Å²) in [6.45, 7) is 4.12. The van der Waals surface area contributed by atoms with E-state index in [1.807, 2.05) is 18.2 Å². The van der Waals surface area contributed by atoms with Crippen molar-refractivity contribution < 1.29 is 0 Å². The first-order valence-corrected chi connectivity index (χ1v) is 5.71. The smallest absolute Gasteiger partial charge is 0.255 e. The van der Waals surface area contributed by atoms with E-state index < -0.39 is 0 Å². The average molecular weight is 239 g/mol. The topological polar surface area (TPSA) is 58.7 Å². The van der Waals surface area contributed by atoms with E-state index in [4.69, 9.17) is 5.26 Å². The van der Waals surface area contributed by atoms with Crippen molar-refractivity contribution in [3.63, 3.8) is 0 Å². The molecule has 0 bridgehead atoms. The highest BCUT2D eigenvalue weighted by Crippen LogP contribution is 2.13. The van der Waals surface area contributed by atoms with E-state index in [1.54, 1.807) is 6.20 Å². The minimum Gasteiger partial charge on any atom is -0.281 e. The van der Waals surface area contributed by atoms with Crippen LogP contribution in [0.2, 0.25) is 0 Å². The van der Waals surface area contributed by atoms with Gasteiger partial charge in [0.25, 0.3) is 5.56 Å². The third-order valence-corrected chi connectivity index (χ3v) is 2.68. The van der Waals surface area contributed by atoms with Crippen molar-refractivity contribution in [2.45, 2.75) is 19.8 Å². The van der Waals surface area contributed by atoms with Gasteiger partial charge in [-0.15, -0.1) is 0 Å². The largest absolute Gasteiger partial charge is 0.281 e. The van der Waals surface area contributed by atoms with E-state index in [-0.39, 0.29) is 5.56 Å². The van der Waals surface area contributed by atoms with Crippen molar-refractivity contribution in [3.8, 4) is 11.8 Å². The lowest BCUT2D eigenvalue weighted by Crippen LogP contribution is -2.17. The highest BCUT2D eigenvalue weighted by molar-refractivity contribution is 5.34. The fraction of sp³-hybridized carbons (Fsp3) is 0.214. The van der Waals surface area contributed by atoms with E-state index in [9.17, 15) is 4.79 Å². The van der Waals surface area contributed by atoms with Crippen LogP contribution in [-0.2, 0) is 0 Å². The second-order valence-corrected chi connectivity index (χ2v) is 4.33. The number of nitrogens with zero attached hydrogens (tertiary/aromatic N) is 3. The first-order valence-electron chi connectivity index (χ1n) is 5.71. The summed E-state index contributed by atoms with van der Waals surface area (Å²) in [4.78, 5) is 16.0. The van der Waals surface area contributed by atoms with Crippen molar-refractivity contribution in [2.75, 3.05) is 0 Å². The molecule has 0 fully saturated rings. The molecule has 0 amide bonds. The molecular weight excluding hydrogens is 226 g/mol. The molecule has 0 spiro atoms. The lowest BCUT2D eigenvalue weighted by atomic mass is 10.1. The first kappa shape index (κ1) is 12.1. The van der Waals surface area contributed by atoms with Gasteiger partial charge in [-0.2, -0.15) is 5.26 Å². The summed E-state index contributed by atoms with van der Waals surface area (Å²) in [7, 11) is 0. The number of pyridine rings is 2. The van der Waals surface area contributed by atoms with Crippen LogP contribution in [-0.4, -0.2) is 9.55 Å². The number of hydrogen-bond acceptors (Lipinski definition) is 3. The quantitative estimate of drug-likeness (QED) is 0.807. The van der Waals surface area contributed by atoms with Gasteiger partial charge in [-0.3, -0.25) is 14.3 Å². The normalized spacial score (nSPS) is 10.3. The zero-order chi connectivity index (χ0) is 13.1. The zero-order valence-electron chi connectivity index (χ0n) is 10.3. The molecule has 2 aromatic heterocycles. The monoisotopic (exact) mass is 239 g/mol. The molecule has 2 rings (SSSR count). The van der Waals surface area contributed by atoms with Crippen LogP contribution in [0.5, 0.6) is 0 Å². The van der Waals surface area contributed by atoms with Crippen LogP contribution in [0.1, 0.15) is 31.0 Å². The van der Waals surface area contributed by atoms with Crippen molar-refractivity contribution >= 4 is 0 Å². The molecule has 18 heavy (non-hydrogen) atoms. The molecule has 0 unspecified atom stereocenters. The fourth-order valence-corrected chi connectivity index (χ4v) is 1.64.